The minimum atomic E-state index is -0.362. The van der Waals surface area contributed by atoms with Crippen molar-refractivity contribution in [2.75, 3.05) is 0 Å². The molecule has 0 saturated carbocycles. The second kappa shape index (κ2) is 5.72. The number of nitrogens with one attached hydrogen (secondary N) is 2. The molecule has 3 aromatic heterocycles. The molecule has 0 fully saturated rings. The second-order valence-electron chi connectivity index (χ2n) is 4.79. The number of aromatic amines is 1. The van der Waals surface area contributed by atoms with Crippen LogP contribution in [0.15, 0.2) is 52.3 Å². The summed E-state index contributed by atoms with van der Waals surface area (Å²) in [6.45, 7) is 1.75. The molecule has 0 aromatic carbocycles. The number of H-pyrrole nitrogens is 1. The zero-order valence-corrected chi connectivity index (χ0v) is 12.2. The first-order valence-corrected chi connectivity index (χ1v) is 6.71. The lowest BCUT2D eigenvalue weighted by Crippen LogP contribution is -2.19. The van der Waals surface area contributed by atoms with E-state index in [2.05, 4.69) is 20.7 Å². The standard InChI is InChI=1S/C15H15N5O2/c1-10(14-6-4-8-22-14)16-19-15(21)12-9-11(17-18-12)13-5-3-7-20(13)2/h3-9H,1-2H3,(H,17,18)(H,19,21)/b16-10+. The highest BCUT2D eigenvalue weighted by Gasteiger charge is 2.12. The SMILES string of the molecule is C/C(=N\NC(=O)c1cc(-c2cccn2C)n[nH]1)c1ccco1. The Kier molecular flexibility index (Phi) is 3.61. The van der Waals surface area contributed by atoms with Gasteiger partial charge in [-0.15, -0.1) is 0 Å². The highest BCUT2D eigenvalue weighted by molar-refractivity contribution is 5.98. The van der Waals surface area contributed by atoms with E-state index >= 15 is 0 Å². The van der Waals surface area contributed by atoms with Crippen molar-refractivity contribution in [1.82, 2.24) is 20.2 Å². The number of furan rings is 1. The molecule has 0 aliphatic carbocycles. The number of hydrazone groups is 1. The number of carbonyl (C=O) groups is 1. The zero-order chi connectivity index (χ0) is 15.5. The number of amides is 1. The molecule has 7 heteroatoms. The van der Waals surface area contributed by atoms with E-state index in [1.807, 2.05) is 29.9 Å². The van der Waals surface area contributed by atoms with Crippen LogP contribution in [-0.4, -0.2) is 26.4 Å². The van der Waals surface area contributed by atoms with Crippen LogP contribution in [0, 0.1) is 0 Å². The third-order valence-electron chi connectivity index (χ3n) is 3.23. The minimum absolute atomic E-state index is 0.340. The maximum atomic E-state index is 12.1. The number of nitrogens with zero attached hydrogens (tertiary/aromatic N) is 3. The van der Waals surface area contributed by atoms with E-state index in [1.165, 1.54) is 0 Å². The molecule has 1 amide bonds. The quantitative estimate of drug-likeness (QED) is 0.571. The van der Waals surface area contributed by atoms with Crippen LogP contribution in [0.4, 0.5) is 0 Å². The van der Waals surface area contributed by atoms with E-state index in [4.69, 9.17) is 4.42 Å². The lowest BCUT2D eigenvalue weighted by molar-refractivity contribution is 0.0950. The molecule has 0 unspecified atom stereocenters. The van der Waals surface area contributed by atoms with Crippen LogP contribution >= 0.6 is 0 Å². The first-order valence-electron chi connectivity index (χ1n) is 6.71. The Morgan fingerprint density at radius 3 is 2.95 bits per heavy atom. The monoisotopic (exact) mass is 297 g/mol. The van der Waals surface area contributed by atoms with Crippen LogP contribution in [0.5, 0.6) is 0 Å². The van der Waals surface area contributed by atoms with Gasteiger partial charge in [0.1, 0.15) is 22.9 Å². The Balaban J connectivity index is 1.72. The summed E-state index contributed by atoms with van der Waals surface area (Å²) in [6.07, 6.45) is 3.47. The Labute approximate surface area is 126 Å². The maximum Gasteiger partial charge on any atom is 0.289 e. The van der Waals surface area contributed by atoms with Crippen LogP contribution in [0.25, 0.3) is 11.4 Å². The van der Waals surface area contributed by atoms with Crippen molar-refractivity contribution in [2.24, 2.45) is 12.1 Å². The van der Waals surface area contributed by atoms with Crippen molar-refractivity contribution < 1.29 is 9.21 Å². The molecule has 112 valence electrons. The topological polar surface area (TPSA) is 88.2 Å². The molecule has 0 atom stereocenters. The molecule has 0 aliphatic rings. The van der Waals surface area contributed by atoms with E-state index < -0.39 is 0 Å². The lowest BCUT2D eigenvalue weighted by Gasteiger charge is -1.98. The Morgan fingerprint density at radius 1 is 1.41 bits per heavy atom. The number of aryl methyl sites for hydroxylation is 1. The molecule has 0 bridgehead atoms. The van der Waals surface area contributed by atoms with Gasteiger partial charge in [0.15, 0.2) is 0 Å². The molecule has 0 spiro atoms. The molecular formula is C15H15N5O2. The molecule has 3 rings (SSSR count). The normalized spacial score (nSPS) is 11.6. The highest BCUT2D eigenvalue weighted by Crippen LogP contribution is 2.17. The van der Waals surface area contributed by atoms with Crippen LogP contribution in [0.2, 0.25) is 0 Å². The van der Waals surface area contributed by atoms with Gasteiger partial charge in [-0.05, 0) is 37.3 Å². The van der Waals surface area contributed by atoms with Gasteiger partial charge in [0, 0.05) is 13.2 Å². The smallest absolute Gasteiger partial charge is 0.289 e. The summed E-state index contributed by atoms with van der Waals surface area (Å²) in [4.78, 5) is 12.1. The van der Waals surface area contributed by atoms with Gasteiger partial charge in [-0.25, -0.2) is 5.43 Å². The highest BCUT2D eigenvalue weighted by atomic mass is 16.3. The summed E-state index contributed by atoms with van der Waals surface area (Å²) in [5.41, 5.74) is 5.02. The van der Waals surface area contributed by atoms with Gasteiger partial charge in [-0.3, -0.25) is 9.89 Å². The van der Waals surface area contributed by atoms with E-state index in [-0.39, 0.29) is 5.91 Å². The molecule has 22 heavy (non-hydrogen) atoms. The predicted octanol–water partition coefficient (Wildman–Crippen LogP) is 2.16. The van der Waals surface area contributed by atoms with Crippen LogP contribution in [0.3, 0.4) is 0 Å². The fourth-order valence-corrected chi connectivity index (χ4v) is 2.03. The number of hydrogen-bond donors (Lipinski definition) is 2. The van der Waals surface area contributed by atoms with Crippen molar-refractivity contribution in [2.45, 2.75) is 6.92 Å². The molecule has 3 aromatic rings. The summed E-state index contributed by atoms with van der Waals surface area (Å²) in [6, 6.07) is 9.06. The summed E-state index contributed by atoms with van der Waals surface area (Å²) in [5, 5.41) is 10.9. The van der Waals surface area contributed by atoms with Gasteiger partial charge in [0.05, 0.1) is 12.0 Å². The molecule has 3 heterocycles. The molecular weight excluding hydrogens is 282 g/mol. The van der Waals surface area contributed by atoms with Crippen molar-refractivity contribution in [3.8, 4) is 11.4 Å². The van der Waals surface area contributed by atoms with Crippen molar-refractivity contribution in [3.63, 3.8) is 0 Å². The number of aromatic nitrogens is 3. The van der Waals surface area contributed by atoms with Gasteiger partial charge < -0.3 is 8.98 Å². The van der Waals surface area contributed by atoms with Gasteiger partial charge in [-0.2, -0.15) is 10.2 Å². The molecule has 0 radical (unpaired) electrons. The van der Waals surface area contributed by atoms with Crippen LogP contribution in [-0.2, 0) is 7.05 Å². The first kappa shape index (κ1) is 13.9. The molecule has 2 N–H and O–H groups in total. The lowest BCUT2D eigenvalue weighted by atomic mass is 10.3. The summed E-state index contributed by atoms with van der Waals surface area (Å²) in [7, 11) is 1.92. The van der Waals surface area contributed by atoms with Gasteiger partial charge in [-0.1, -0.05) is 0 Å². The fraction of sp³-hybridized carbons (Fsp3) is 0.133. The van der Waals surface area contributed by atoms with E-state index in [1.54, 1.807) is 31.4 Å². The summed E-state index contributed by atoms with van der Waals surface area (Å²) >= 11 is 0. The third kappa shape index (κ3) is 2.69. The van der Waals surface area contributed by atoms with Crippen LogP contribution < -0.4 is 5.43 Å². The average Bonchev–Trinajstić information content (AvgIpc) is 3.24. The van der Waals surface area contributed by atoms with Gasteiger partial charge in [0.25, 0.3) is 5.91 Å². The van der Waals surface area contributed by atoms with E-state index in [9.17, 15) is 4.79 Å². The van der Waals surface area contributed by atoms with Gasteiger partial charge in [0.2, 0.25) is 0 Å². The van der Waals surface area contributed by atoms with E-state index in [0.29, 0.717) is 22.9 Å². The first-order chi connectivity index (χ1) is 10.6. The summed E-state index contributed by atoms with van der Waals surface area (Å²) in [5.74, 6) is 0.244. The third-order valence-corrected chi connectivity index (χ3v) is 3.23. The Hall–Kier alpha value is -3.09. The Morgan fingerprint density at radius 2 is 2.27 bits per heavy atom. The molecule has 0 aliphatic heterocycles. The van der Waals surface area contributed by atoms with Gasteiger partial charge >= 0.3 is 0 Å². The molecule has 7 nitrogen and oxygen atoms in total. The number of carbonyl (C=O) groups excluding carboxylic acids is 1. The zero-order valence-electron chi connectivity index (χ0n) is 12.2. The minimum Gasteiger partial charge on any atom is -0.463 e. The van der Waals surface area contributed by atoms with Crippen LogP contribution in [0.1, 0.15) is 23.2 Å². The van der Waals surface area contributed by atoms with Crippen molar-refractivity contribution in [1.29, 1.82) is 0 Å². The molecule has 0 saturated heterocycles. The largest absolute Gasteiger partial charge is 0.463 e. The predicted molar refractivity (Wildman–Crippen MR) is 81.4 cm³/mol. The fourth-order valence-electron chi connectivity index (χ4n) is 2.03. The maximum absolute atomic E-state index is 12.1. The van der Waals surface area contributed by atoms with Crippen molar-refractivity contribution >= 4 is 11.6 Å². The number of hydrogen-bond acceptors (Lipinski definition) is 4. The second-order valence-corrected chi connectivity index (χ2v) is 4.79. The Bertz CT molecular complexity index is 811. The average molecular weight is 297 g/mol. The number of rotatable bonds is 4. The van der Waals surface area contributed by atoms with Crippen molar-refractivity contribution in [3.05, 3.63) is 54.2 Å². The summed E-state index contributed by atoms with van der Waals surface area (Å²) < 4.78 is 7.12. The van der Waals surface area contributed by atoms with E-state index in [0.717, 1.165) is 5.69 Å².